The van der Waals surface area contributed by atoms with Crippen molar-refractivity contribution in [2.24, 2.45) is 0 Å². The molecule has 1 heteroatoms. The second-order valence-electron chi connectivity index (χ2n) is 7.59. The number of hydrogen-bond acceptors (Lipinski definition) is 1. The van der Waals surface area contributed by atoms with E-state index in [1.54, 1.807) is 0 Å². The molecule has 130 valence electrons. The van der Waals surface area contributed by atoms with E-state index in [4.69, 9.17) is 5.73 Å². The number of aryl methyl sites for hydroxylation is 1. The Balaban J connectivity index is 0.000000415. The van der Waals surface area contributed by atoms with Gasteiger partial charge in [-0.1, -0.05) is 76.9 Å². The summed E-state index contributed by atoms with van der Waals surface area (Å²) in [5.74, 6) is 0. The molecular weight excluding hydrogens is 302 g/mol. The Hall–Kier alpha value is -2.28. The van der Waals surface area contributed by atoms with Crippen molar-refractivity contribution in [3.63, 3.8) is 0 Å². The first-order chi connectivity index (χ1) is 11.9. The van der Waals surface area contributed by atoms with Crippen molar-refractivity contribution < 1.29 is 0 Å². The molecular formula is C24H29N. The van der Waals surface area contributed by atoms with Crippen LogP contribution in [0.15, 0.2) is 48.5 Å². The van der Waals surface area contributed by atoms with Gasteiger partial charge in [0.1, 0.15) is 0 Å². The average Bonchev–Trinajstić information content (AvgIpc) is 2.83. The minimum atomic E-state index is 0.00877. The molecule has 2 N–H and O–H groups in total. The van der Waals surface area contributed by atoms with E-state index in [1.165, 1.54) is 51.4 Å². The second-order valence-corrected chi connectivity index (χ2v) is 7.59. The summed E-state index contributed by atoms with van der Waals surface area (Å²) < 4.78 is 0. The van der Waals surface area contributed by atoms with Crippen LogP contribution in [0.1, 0.15) is 57.2 Å². The van der Waals surface area contributed by atoms with Crippen LogP contribution in [-0.2, 0) is 5.41 Å². The van der Waals surface area contributed by atoms with Gasteiger partial charge in [0.2, 0.25) is 0 Å². The van der Waals surface area contributed by atoms with E-state index in [-0.39, 0.29) is 5.41 Å². The number of unbranched alkanes of at least 4 members (excludes halogenated alkanes) is 1. The highest BCUT2D eigenvalue weighted by Crippen LogP contribution is 2.52. The number of nitrogens with two attached hydrogens (primary N) is 1. The van der Waals surface area contributed by atoms with Crippen molar-refractivity contribution in [2.45, 2.75) is 52.9 Å². The lowest BCUT2D eigenvalue weighted by atomic mass is 9.81. The molecule has 0 saturated carbocycles. The molecule has 0 amide bonds. The van der Waals surface area contributed by atoms with Crippen molar-refractivity contribution in [2.75, 3.05) is 5.73 Å². The van der Waals surface area contributed by atoms with Gasteiger partial charge in [-0.15, -0.1) is 0 Å². The summed E-state index contributed by atoms with van der Waals surface area (Å²) in [4.78, 5) is 0. The van der Waals surface area contributed by atoms with Crippen LogP contribution in [0.3, 0.4) is 0 Å². The third kappa shape index (κ3) is 2.82. The first kappa shape index (κ1) is 17.5. The van der Waals surface area contributed by atoms with Crippen LogP contribution in [0.25, 0.3) is 21.9 Å². The summed E-state index contributed by atoms with van der Waals surface area (Å²) in [6, 6.07) is 17.4. The standard InChI is InChI=1S/C20H19N.C4H10/c1-12-10-18-19(15-7-5-4-6-14(12)15)16-9-8-13(21)11-17(16)20(18,2)3;1-3-4-2/h4-11H,21H2,1-3H3;3-4H2,1-2H3. The molecule has 0 atom stereocenters. The maximum Gasteiger partial charge on any atom is 0.0317 e. The molecule has 0 unspecified atom stereocenters. The number of benzene rings is 3. The zero-order valence-electron chi connectivity index (χ0n) is 16.1. The number of anilines is 1. The van der Waals surface area contributed by atoms with Crippen LogP contribution in [0.2, 0.25) is 0 Å². The van der Waals surface area contributed by atoms with Crippen LogP contribution >= 0.6 is 0 Å². The topological polar surface area (TPSA) is 26.0 Å². The van der Waals surface area contributed by atoms with Gasteiger partial charge in [0.25, 0.3) is 0 Å². The maximum absolute atomic E-state index is 6.03. The Bertz CT molecular complexity index is 917. The smallest absolute Gasteiger partial charge is 0.0317 e. The minimum Gasteiger partial charge on any atom is -0.399 e. The summed E-state index contributed by atoms with van der Waals surface area (Å²) in [7, 11) is 0. The second kappa shape index (κ2) is 6.55. The minimum absolute atomic E-state index is 0.00877. The summed E-state index contributed by atoms with van der Waals surface area (Å²) >= 11 is 0. The molecule has 1 aliphatic rings. The lowest BCUT2D eigenvalue weighted by Gasteiger charge is -2.22. The predicted molar refractivity (Wildman–Crippen MR) is 111 cm³/mol. The zero-order chi connectivity index (χ0) is 18.2. The lowest BCUT2D eigenvalue weighted by Crippen LogP contribution is -2.15. The number of hydrogen-bond donors (Lipinski definition) is 1. The van der Waals surface area contributed by atoms with E-state index in [0.29, 0.717) is 0 Å². The Morgan fingerprint density at radius 1 is 0.840 bits per heavy atom. The van der Waals surface area contributed by atoms with Crippen LogP contribution < -0.4 is 5.73 Å². The molecule has 0 fully saturated rings. The normalized spacial score (nSPS) is 13.8. The summed E-state index contributed by atoms with van der Waals surface area (Å²) in [5.41, 5.74) is 13.7. The monoisotopic (exact) mass is 331 g/mol. The van der Waals surface area contributed by atoms with Crippen LogP contribution in [-0.4, -0.2) is 0 Å². The van der Waals surface area contributed by atoms with E-state index < -0.39 is 0 Å². The maximum atomic E-state index is 6.03. The largest absolute Gasteiger partial charge is 0.399 e. The SMILES string of the molecule is CCCC.Cc1cc2c(c3ccccc13)-c1ccc(N)cc1C2(C)C. The van der Waals surface area contributed by atoms with Gasteiger partial charge >= 0.3 is 0 Å². The molecule has 25 heavy (non-hydrogen) atoms. The summed E-state index contributed by atoms with van der Waals surface area (Å²) in [6.07, 6.45) is 2.64. The van der Waals surface area contributed by atoms with E-state index in [9.17, 15) is 0 Å². The van der Waals surface area contributed by atoms with Crippen molar-refractivity contribution in [3.05, 3.63) is 65.2 Å². The van der Waals surface area contributed by atoms with E-state index in [0.717, 1.165) is 5.69 Å². The molecule has 0 heterocycles. The third-order valence-electron chi connectivity index (χ3n) is 5.41. The molecule has 0 bridgehead atoms. The van der Waals surface area contributed by atoms with Gasteiger partial charge in [-0.05, 0) is 57.6 Å². The third-order valence-corrected chi connectivity index (χ3v) is 5.41. The van der Waals surface area contributed by atoms with Gasteiger partial charge in [-0.25, -0.2) is 0 Å². The summed E-state index contributed by atoms with van der Waals surface area (Å²) in [5, 5.41) is 2.70. The molecule has 0 aliphatic heterocycles. The number of nitrogen functional groups attached to an aromatic ring is 1. The molecule has 1 nitrogen and oxygen atoms in total. The van der Waals surface area contributed by atoms with Crippen LogP contribution in [0.4, 0.5) is 5.69 Å². The highest BCUT2D eigenvalue weighted by atomic mass is 14.6. The average molecular weight is 332 g/mol. The fourth-order valence-corrected chi connectivity index (χ4v) is 3.78. The Kier molecular flexibility index (Phi) is 4.60. The molecule has 0 aromatic heterocycles. The summed E-state index contributed by atoms with van der Waals surface area (Å²) in [6.45, 7) is 11.2. The van der Waals surface area contributed by atoms with Gasteiger partial charge in [-0.3, -0.25) is 0 Å². The first-order valence-corrected chi connectivity index (χ1v) is 9.35. The van der Waals surface area contributed by atoms with E-state index >= 15 is 0 Å². The van der Waals surface area contributed by atoms with Crippen molar-refractivity contribution in [3.8, 4) is 11.1 Å². The lowest BCUT2D eigenvalue weighted by molar-refractivity contribution is 0.660. The molecule has 3 aromatic carbocycles. The zero-order valence-corrected chi connectivity index (χ0v) is 16.1. The van der Waals surface area contributed by atoms with E-state index in [1.807, 2.05) is 6.07 Å². The quantitative estimate of drug-likeness (QED) is 0.485. The highest BCUT2D eigenvalue weighted by Gasteiger charge is 2.36. The Morgan fingerprint density at radius 3 is 2.12 bits per heavy atom. The fraction of sp³-hybridized carbons (Fsp3) is 0.333. The Morgan fingerprint density at radius 2 is 1.48 bits per heavy atom. The van der Waals surface area contributed by atoms with Crippen LogP contribution in [0, 0.1) is 6.92 Å². The molecule has 0 spiro atoms. The van der Waals surface area contributed by atoms with Gasteiger partial charge in [-0.2, -0.15) is 0 Å². The first-order valence-electron chi connectivity index (χ1n) is 9.35. The molecule has 0 radical (unpaired) electrons. The van der Waals surface area contributed by atoms with E-state index in [2.05, 4.69) is 77.1 Å². The number of fused-ring (bicyclic) bond motifs is 5. The van der Waals surface area contributed by atoms with Gasteiger partial charge in [0, 0.05) is 11.1 Å². The molecule has 0 saturated heterocycles. The van der Waals surface area contributed by atoms with Gasteiger partial charge in [0.15, 0.2) is 0 Å². The highest BCUT2D eigenvalue weighted by molar-refractivity contribution is 6.04. The van der Waals surface area contributed by atoms with Crippen molar-refractivity contribution >= 4 is 16.5 Å². The fourth-order valence-electron chi connectivity index (χ4n) is 3.78. The Labute approximate surface area is 151 Å². The van der Waals surface area contributed by atoms with Gasteiger partial charge < -0.3 is 5.73 Å². The molecule has 3 aromatic rings. The number of rotatable bonds is 1. The van der Waals surface area contributed by atoms with Crippen molar-refractivity contribution in [1.82, 2.24) is 0 Å². The predicted octanol–water partition coefficient (Wildman–Crippen LogP) is 6.84. The van der Waals surface area contributed by atoms with Gasteiger partial charge in [0.05, 0.1) is 0 Å². The molecule has 4 rings (SSSR count). The molecule has 1 aliphatic carbocycles. The van der Waals surface area contributed by atoms with Crippen molar-refractivity contribution in [1.29, 1.82) is 0 Å². The van der Waals surface area contributed by atoms with Crippen LogP contribution in [0.5, 0.6) is 0 Å².